The standard InChI is InChI=1S/C17H25N3/c1-12-8-14(9-18)10-20(12)11-17-13(2)15-6-4-5-7-16(15)19(17)3/h4-7,12,14H,8-11,18H2,1-3H3. The highest BCUT2D eigenvalue weighted by atomic mass is 15.2. The van der Waals surface area contributed by atoms with Crippen LogP contribution in [0.4, 0.5) is 0 Å². The van der Waals surface area contributed by atoms with E-state index in [4.69, 9.17) is 5.73 Å². The fourth-order valence-corrected chi connectivity index (χ4v) is 3.66. The first-order chi connectivity index (χ1) is 9.61. The van der Waals surface area contributed by atoms with Crippen molar-refractivity contribution in [1.29, 1.82) is 0 Å². The topological polar surface area (TPSA) is 34.2 Å². The van der Waals surface area contributed by atoms with E-state index >= 15 is 0 Å². The van der Waals surface area contributed by atoms with E-state index in [2.05, 4.69) is 54.6 Å². The van der Waals surface area contributed by atoms with Gasteiger partial charge in [0, 0.05) is 42.8 Å². The summed E-state index contributed by atoms with van der Waals surface area (Å²) < 4.78 is 2.35. The van der Waals surface area contributed by atoms with E-state index in [-0.39, 0.29) is 0 Å². The lowest BCUT2D eigenvalue weighted by Crippen LogP contribution is -2.28. The lowest BCUT2D eigenvalue weighted by molar-refractivity contribution is 0.250. The van der Waals surface area contributed by atoms with Crippen molar-refractivity contribution >= 4 is 10.9 Å². The minimum atomic E-state index is 0.640. The lowest BCUT2D eigenvalue weighted by atomic mass is 10.1. The van der Waals surface area contributed by atoms with E-state index in [9.17, 15) is 0 Å². The van der Waals surface area contributed by atoms with Crippen molar-refractivity contribution in [2.24, 2.45) is 18.7 Å². The molecule has 2 N–H and O–H groups in total. The Kier molecular flexibility index (Phi) is 3.57. The second-order valence-corrected chi connectivity index (χ2v) is 6.26. The predicted molar refractivity (Wildman–Crippen MR) is 84.7 cm³/mol. The van der Waals surface area contributed by atoms with Crippen LogP contribution in [0.3, 0.4) is 0 Å². The maximum atomic E-state index is 5.84. The van der Waals surface area contributed by atoms with Gasteiger partial charge in [0.05, 0.1) is 0 Å². The molecule has 3 nitrogen and oxygen atoms in total. The second-order valence-electron chi connectivity index (χ2n) is 6.26. The number of fused-ring (bicyclic) bond motifs is 1. The van der Waals surface area contributed by atoms with Crippen LogP contribution < -0.4 is 5.73 Å². The average Bonchev–Trinajstić information content (AvgIpc) is 2.93. The monoisotopic (exact) mass is 271 g/mol. The van der Waals surface area contributed by atoms with Gasteiger partial charge in [-0.2, -0.15) is 0 Å². The van der Waals surface area contributed by atoms with Crippen molar-refractivity contribution in [3.8, 4) is 0 Å². The molecule has 108 valence electrons. The maximum Gasteiger partial charge on any atom is 0.0483 e. The van der Waals surface area contributed by atoms with Crippen molar-refractivity contribution < 1.29 is 0 Å². The SMILES string of the molecule is Cc1c(CN2CC(CN)CC2C)n(C)c2ccccc12. The van der Waals surface area contributed by atoms with Crippen LogP contribution in [0.1, 0.15) is 24.6 Å². The summed E-state index contributed by atoms with van der Waals surface area (Å²) in [6.45, 7) is 7.56. The number of aromatic nitrogens is 1. The van der Waals surface area contributed by atoms with Gasteiger partial charge < -0.3 is 10.3 Å². The molecule has 2 aromatic rings. The molecule has 0 saturated carbocycles. The van der Waals surface area contributed by atoms with Crippen molar-refractivity contribution in [3.63, 3.8) is 0 Å². The Morgan fingerprint density at radius 3 is 2.70 bits per heavy atom. The molecule has 1 aromatic carbocycles. The highest BCUT2D eigenvalue weighted by Gasteiger charge is 2.29. The Bertz CT molecular complexity index is 575. The fraction of sp³-hybridized carbons (Fsp3) is 0.529. The van der Waals surface area contributed by atoms with Gasteiger partial charge in [0.2, 0.25) is 0 Å². The quantitative estimate of drug-likeness (QED) is 0.931. The number of hydrogen-bond donors (Lipinski definition) is 1. The summed E-state index contributed by atoms with van der Waals surface area (Å²) in [7, 11) is 2.19. The summed E-state index contributed by atoms with van der Waals surface area (Å²) in [5.74, 6) is 0.667. The van der Waals surface area contributed by atoms with Crippen LogP contribution in [0, 0.1) is 12.8 Å². The molecular formula is C17H25N3. The van der Waals surface area contributed by atoms with Crippen molar-refractivity contribution in [2.45, 2.75) is 32.9 Å². The average molecular weight is 271 g/mol. The summed E-state index contributed by atoms with van der Waals surface area (Å²) in [5.41, 5.74) is 10.0. The fourth-order valence-electron chi connectivity index (χ4n) is 3.66. The van der Waals surface area contributed by atoms with Gasteiger partial charge in [-0.1, -0.05) is 18.2 Å². The molecule has 2 unspecified atom stereocenters. The summed E-state index contributed by atoms with van der Waals surface area (Å²) in [6.07, 6.45) is 1.24. The molecular weight excluding hydrogens is 246 g/mol. The Morgan fingerprint density at radius 1 is 1.30 bits per heavy atom. The van der Waals surface area contributed by atoms with E-state index in [1.54, 1.807) is 0 Å². The molecule has 1 aromatic heterocycles. The first-order valence-electron chi connectivity index (χ1n) is 7.58. The van der Waals surface area contributed by atoms with Crippen LogP contribution in [-0.2, 0) is 13.6 Å². The highest BCUT2D eigenvalue weighted by molar-refractivity contribution is 5.85. The Labute approximate surface area is 121 Å². The molecule has 2 atom stereocenters. The third-order valence-corrected chi connectivity index (χ3v) is 4.98. The van der Waals surface area contributed by atoms with Crippen LogP contribution >= 0.6 is 0 Å². The summed E-state index contributed by atoms with van der Waals surface area (Å²) in [5, 5.41) is 1.38. The van der Waals surface area contributed by atoms with Crippen molar-refractivity contribution in [3.05, 3.63) is 35.5 Å². The number of likely N-dealkylation sites (tertiary alicyclic amines) is 1. The maximum absolute atomic E-state index is 5.84. The molecule has 1 saturated heterocycles. The van der Waals surface area contributed by atoms with E-state index in [0.29, 0.717) is 12.0 Å². The molecule has 1 aliphatic rings. The van der Waals surface area contributed by atoms with Gasteiger partial charge in [0.15, 0.2) is 0 Å². The summed E-state index contributed by atoms with van der Waals surface area (Å²) in [4.78, 5) is 2.58. The first-order valence-corrected chi connectivity index (χ1v) is 7.58. The molecule has 3 heteroatoms. The van der Waals surface area contributed by atoms with Gasteiger partial charge in [-0.25, -0.2) is 0 Å². The van der Waals surface area contributed by atoms with E-state index < -0.39 is 0 Å². The largest absolute Gasteiger partial charge is 0.346 e. The number of hydrogen-bond acceptors (Lipinski definition) is 2. The van der Waals surface area contributed by atoms with E-state index in [0.717, 1.165) is 19.6 Å². The smallest absolute Gasteiger partial charge is 0.0483 e. The van der Waals surface area contributed by atoms with Crippen LogP contribution in [-0.4, -0.2) is 28.6 Å². The first kappa shape index (κ1) is 13.7. The summed E-state index contributed by atoms with van der Waals surface area (Å²) in [6, 6.07) is 9.32. The summed E-state index contributed by atoms with van der Waals surface area (Å²) >= 11 is 0. The molecule has 2 heterocycles. The van der Waals surface area contributed by atoms with Gasteiger partial charge in [0.25, 0.3) is 0 Å². The highest BCUT2D eigenvalue weighted by Crippen LogP contribution is 2.29. The Balaban J connectivity index is 1.92. The van der Waals surface area contributed by atoms with Crippen LogP contribution in [0.2, 0.25) is 0 Å². The Morgan fingerprint density at radius 2 is 2.05 bits per heavy atom. The number of aryl methyl sites for hydroxylation is 2. The van der Waals surface area contributed by atoms with Gasteiger partial charge in [-0.05, 0) is 44.4 Å². The number of benzene rings is 1. The Hall–Kier alpha value is -1.32. The van der Waals surface area contributed by atoms with Crippen molar-refractivity contribution in [1.82, 2.24) is 9.47 Å². The minimum absolute atomic E-state index is 0.640. The number of nitrogens with zero attached hydrogens (tertiary/aromatic N) is 2. The van der Waals surface area contributed by atoms with Crippen molar-refractivity contribution in [2.75, 3.05) is 13.1 Å². The molecule has 0 bridgehead atoms. The number of para-hydroxylation sites is 1. The zero-order valence-corrected chi connectivity index (χ0v) is 12.8. The molecule has 3 rings (SSSR count). The van der Waals surface area contributed by atoms with Gasteiger partial charge in [-0.3, -0.25) is 4.90 Å². The zero-order valence-electron chi connectivity index (χ0n) is 12.8. The van der Waals surface area contributed by atoms with Crippen LogP contribution in [0.25, 0.3) is 10.9 Å². The zero-order chi connectivity index (χ0) is 14.3. The van der Waals surface area contributed by atoms with E-state index in [1.165, 1.54) is 28.6 Å². The predicted octanol–water partition coefficient (Wildman–Crippen LogP) is 2.66. The second kappa shape index (κ2) is 5.23. The number of nitrogens with two attached hydrogens (primary N) is 1. The normalized spacial score (nSPS) is 23.8. The minimum Gasteiger partial charge on any atom is -0.346 e. The molecule has 0 amide bonds. The third-order valence-electron chi connectivity index (χ3n) is 4.98. The molecule has 0 aliphatic carbocycles. The number of rotatable bonds is 3. The van der Waals surface area contributed by atoms with Crippen LogP contribution in [0.15, 0.2) is 24.3 Å². The molecule has 0 radical (unpaired) electrons. The molecule has 0 spiro atoms. The lowest BCUT2D eigenvalue weighted by Gasteiger charge is -2.22. The molecule has 1 fully saturated rings. The van der Waals surface area contributed by atoms with Gasteiger partial charge in [0.1, 0.15) is 0 Å². The van der Waals surface area contributed by atoms with E-state index in [1.807, 2.05) is 0 Å². The molecule has 1 aliphatic heterocycles. The van der Waals surface area contributed by atoms with Gasteiger partial charge in [-0.15, -0.1) is 0 Å². The van der Waals surface area contributed by atoms with Gasteiger partial charge >= 0.3 is 0 Å². The third kappa shape index (κ3) is 2.15. The molecule has 20 heavy (non-hydrogen) atoms. The van der Waals surface area contributed by atoms with Crippen LogP contribution in [0.5, 0.6) is 0 Å².